The highest BCUT2D eigenvalue weighted by Crippen LogP contribution is 2.17. The van der Waals surface area contributed by atoms with Crippen LogP contribution in [0.25, 0.3) is 0 Å². The van der Waals surface area contributed by atoms with Gasteiger partial charge in [-0.2, -0.15) is 0 Å². The molecule has 2 N–H and O–H groups in total. The molecule has 0 radical (unpaired) electrons. The molecule has 0 saturated heterocycles. The van der Waals surface area contributed by atoms with Crippen molar-refractivity contribution in [2.45, 2.75) is 18.8 Å². The summed E-state index contributed by atoms with van der Waals surface area (Å²) in [5, 5.41) is 10.2. The molecule has 1 rings (SSSR count). The van der Waals surface area contributed by atoms with E-state index in [0.29, 0.717) is 5.56 Å². The number of anilines is 1. The van der Waals surface area contributed by atoms with E-state index in [4.69, 9.17) is 9.84 Å². The Morgan fingerprint density at radius 3 is 2.43 bits per heavy atom. The van der Waals surface area contributed by atoms with Gasteiger partial charge >= 0.3 is 5.97 Å². The fourth-order valence-electron chi connectivity index (χ4n) is 1.58. The van der Waals surface area contributed by atoms with Crippen LogP contribution < -0.4 is 5.32 Å². The molecule has 1 amide bonds. The number of carbonyl (C=O) groups is 2. The average molecular weight is 315 g/mol. The summed E-state index contributed by atoms with van der Waals surface area (Å²) >= 11 is 0. The van der Waals surface area contributed by atoms with Crippen molar-refractivity contribution >= 4 is 27.4 Å². The quantitative estimate of drug-likeness (QED) is 0.807. The molecular formula is C13H17NO6S. The van der Waals surface area contributed by atoms with Crippen LogP contribution in [-0.4, -0.2) is 44.0 Å². The van der Waals surface area contributed by atoms with Gasteiger partial charge in [-0.3, -0.25) is 4.79 Å². The zero-order valence-corrected chi connectivity index (χ0v) is 12.7. The molecule has 0 aliphatic carbocycles. The third kappa shape index (κ3) is 4.83. The molecule has 0 spiro atoms. The lowest BCUT2D eigenvalue weighted by molar-refractivity contribution is -0.115. The number of sulfone groups is 1. The second-order valence-corrected chi connectivity index (χ2v) is 6.98. The van der Waals surface area contributed by atoms with E-state index in [2.05, 4.69) is 5.32 Å². The Bertz CT molecular complexity index is 653. The van der Waals surface area contributed by atoms with Crippen molar-refractivity contribution in [1.82, 2.24) is 0 Å². The molecule has 1 aromatic carbocycles. The van der Waals surface area contributed by atoms with Crippen molar-refractivity contribution in [3.63, 3.8) is 0 Å². The summed E-state index contributed by atoms with van der Waals surface area (Å²) in [7, 11) is -2.07. The Labute approximate surface area is 122 Å². The van der Waals surface area contributed by atoms with Crippen molar-refractivity contribution in [1.29, 1.82) is 0 Å². The van der Waals surface area contributed by atoms with Gasteiger partial charge in [-0.1, -0.05) is 0 Å². The number of hydrogen-bond donors (Lipinski definition) is 2. The molecule has 0 saturated carbocycles. The topological polar surface area (TPSA) is 110 Å². The summed E-state index contributed by atoms with van der Waals surface area (Å²) in [6, 6.07) is 4.21. The molecule has 21 heavy (non-hydrogen) atoms. The highest BCUT2D eigenvalue weighted by molar-refractivity contribution is 7.92. The fourth-order valence-corrected chi connectivity index (χ4v) is 2.02. The van der Waals surface area contributed by atoms with Gasteiger partial charge in [0.05, 0.1) is 12.2 Å². The number of nitrogens with one attached hydrogen (secondary N) is 1. The number of carboxylic acid groups (broad SMARTS) is 1. The molecule has 8 heteroatoms. The van der Waals surface area contributed by atoms with E-state index in [9.17, 15) is 18.0 Å². The van der Waals surface area contributed by atoms with E-state index in [1.165, 1.54) is 32.2 Å². The van der Waals surface area contributed by atoms with E-state index in [1.807, 2.05) is 0 Å². The van der Waals surface area contributed by atoms with Gasteiger partial charge in [0.1, 0.15) is 5.25 Å². The smallest absolute Gasteiger partial charge is 0.335 e. The molecule has 1 atom stereocenters. The summed E-state index contributed by atoms with van der Waals surface area (Å²) < 4.78 is 27.6. The monoisotopic (exact) mass is 315 g/mol. The first kappa shape index (κ1) is 17.1. The zero-order valence-electron chi connectivity index (χ0n) is 11.9. The minimum Gasteiger partial charge on any atom is -0.478 e. The van der Waals surface area contributed by atoms with Crippen molar-refractivity contribution < 1.29 is 27.9 Å². The number of amides is 1. The Morgan fingerprint density at radius 2 is 1.95 bits per heavy atom. The Morgan fingerprint density at radius 1 is 1.33 bits per heavy atom. The minimum atomic E-state index is -3.52. The molecule has 116 valence electrons. The number of rotatable bonds is 6. The predicted octanol–water partition coefficient (Wildman–Crippen LogP) is 0.903. The van der Waals surface area contributed by atoms with E-state index in [0.717, 1.165) is 6.26 Å². The number of ether oxygens (including phenoxy) is 1. The van der Waals surface area contributed by atoms with Crippen LogP contribution in [0, 0.1) is 0 Å². The van der Waals surface area contributed by atoms with Crippen molar-refractivity contribution in [3.05, 3.63) is 29.3 Å². The molecular weight excluding hydrogens is 298 g/mol. The first-order valence-electron chi connectivity index (χ1n) is 6.01. The van der Waals surface area contributed by atoms with Crippen molar-refractivity contribution in [2.24, 2.45) is 0 Å². The molecule has 0 bridgehead atoms. The second kappa shape index (κ2) is 6.68. The summed E-state index contributed by atoms with van der Waals surface area (Å²) in [4.78, 5) is 22.9. The minimum absolute atomic E-state index is 0.0214. The van der Waals surface area contributed by atoms with Crippen molar-refractivity contribution in [3.8, 4) is 0 Å². The molecule has 0 fully saturated rings. The lowest BCUT2D eigenvalue weighted by atomic mass is 10.1. The maximum atomic E-state index is 11.8. The standard InChI is InChI=1S/C13H17NO6S/c1-8(21(3,18)19)12(15)14-11-5-9(7-20-2)4-10(6-11)13(16)17/h4-6,8H,7H2,1-3H3,(H,14,15)(H,16,17). The average Bonchev–Trinajstić information content (AvgIpc) is 2.36. The third-order valence-electron chi connectivity index (χ3n) is 2.83. The number of hydrogen-bond acceptors (Lipinski definition) is 5. The zero-order chi connectivity index (χ0) is 16.2. The van der Waals surface area contributed by atoms with Gasteiger partial charge in [-0.25, -0.2) is 13.2 Å². The highest BCUT2D eigenvalue weighted by atomic mass is 32.2. The first-order chi connectivity index (χ1) is 9.65. The van der Waals surface area contributed by atoms with Crippen LogP contribution in [0.15, 0.2) is 18.2 Å². The molecule has 0 aliphatic rings. The molecule has 0 aliphatic heterocycles. The fraction of sp³-hybridized carbons (Fsp3) is 0.385. The summed E-state index contributed by atoms with van der Waals surface area (Å²) in [5.74, 6) is -1.87. The Hall–Kier alpha value is -1.93. The lowest BCUT2D eigenvalue weighted by Gasteiger charge is -2.12. The lowest BCUT2D eigenvalue weighted by Crippen LogP contribution is -2.31. The molecule has 1 unspecified atom stereocenters. The van der Waals surface area contributed by atoms with E-state index < -0.39 is 27.0 Å². The van der Waals surface area contributed by atoms with Crippen LogP contribution in [-0.2, 0) is 26.0 Å². The number of carbonyl (C=O) groups excluding carboxylic acids is 1. The number of methoxy groups -OCH3 is 1. The molecule has 0 heterocycles. The largest absolute Gasteiger partial charge is 0.478 e. The van der Waals surface area contributed by atoms with Crippen LogP contribution in [0.4, 0.5) is 5.69 Å². The molecule has 7 nitrogen and oxygen atoms in total. The van der Waals surface area contributed by atoms with Gasteiger partial charge < -0.3 is 15.2 Å². The van der Waals surface area contributed by atoms with Crippen molar-refractivity contribution in [2.75, 3.05) is 18.7 Å². The summed E-state index contributed by atoms with van der Waals surface area (Å²) in [5.41, 5.74) is 0.744. The van der Waals surface area contributed by atoms with Gasteiger partial charge in [0.2, 0.25) is 5.91 Å². The maximum Gasteiger partial charge on any atom is 0.335 e. The molecule has 1 aromatic rings. The van der Waals surface area contributed by atoms with Gasteiger partial charge in [0.15, 0.2) is 9.84 Å². The van der Waals surface area contributed by atoms with Crippen LogP contribution in [0.1, 0.15) is 22.8 Å². The number of carboxylic acids is 1. The van der Waals surface area contributed by atoms with Crippen LogP contribution in [0.3, 0.4) is 0 Å². The van der Waals surface area contributed by atoms with Gasteiger partial charge in [0, 0.05) is 19.1 Å². The van der Waals surface area contributed by atoms with E-state index >= 15 is 0 Å². The second-order valence-electron chi connectivity index (χ2n) is 4.62. The Kier molecular flexibility index (Phi) is 5.45. The van der Waals surface area contributed by atoms with E-state index in [-0.39, 0.29) is 17.9 Å². The third-order valence-corrected chi connectivity index (χ3v) is 4.33. The predicted molar refractivity (Wildman–Crippen MR) is 77.0 cm³/mol. The summed E-state index contributed by atoms with van der Waals surface area (Å²) in [6.45, 7) is 1.44. The SMILES string of the molecule is COCc1cc(NC(=O)C(C)S(C)(=O)=O)cc(C(=O)O)c1. The highest BCUT2D eigenvalue weighted by Gasteiger charge is 2.23. The van der Waals surface area contributed by atoms with Crippen LogP contribution >= 0.6 is 0 Å². The summed E-state index contributed by atoms with van der Waals surface area (Å²) in [6.07, 6.45) is 0.960. The van der Waals surface area contributed by atoms with Gasteiger partial charge in [0.25, 0.3) is 0 Å². The van der Waals surface area contributed by atoms with E-state index in [1.54, 1.807) is 0 Å². The number of benzene rings is 1. The first-order valence-corrected chi connectivity index (χ1v) is 7.96. The Balaban J connectivity index is 3.07. The maximum absolute atomic E-state index is 11.8. The van der Waals surface area contributed by atoms with Gasteiger partial charge in [-0.05, 0) is 30.7 Å². The van der Waals surface area contributed by atoms with Gasteiger partial charge in [-0.15, -0.1) is 0 Å². The molecule has 0 aromatic heterocycles. The van der Waals surface area contributed by atoms with Crippen LogP contribution in [0.5, 0.6) is 0 Å². The van der Waals surface area contributed by atoms with Crippen LogP contribution in [0.2, 0.25) is 0 Å². The number of aromatic carboxylic acids is 1. The normalized spacial score (nSPS) is 12.7.